The van der Waals surface area contributed by atoms with Gasteiger partial charge in [0.15, 0.2) is 0 Å². The van der Waals surface area contributed by atoms with Crippen LogP contribution >= 0.6 is 22.6 Å². The molecule has 0 unspecified atom stereocenters. The van der Waals surface area contributed by atoms with Gasteiger partial charge in [-0.1, -0.05) is 54.6 Å². The van der Waals surface area contributed by atoms with Crippen molar-refractivity contribution in [3.05, 3.63) is 81.4 Å². The average molecular weight is 530 g/mol. The number of benzene rings is 3. The molecule has 160 valence electrons. The van der Waals surface area contributed by atoms with E-state index in [1.54, 1.807) is 0 Å². The fraction of sp³-hybridized carbons (Fsp3) is 0.208. The maximum absolute atomic E-state index is 12.9. The lowest BCUT2D eigenvalue weighted by Crippen LogP contribution is -2.52. The zero-order chi connectivity index (χ0) is 22.4. The maximum atomic E-state index is 12.9. The van der Waals surface area contributed by atoms with Gasteiger partial charge in [0.1, 0.15) is 12.1 Å². The molecular weight excluding hydrogens is 507 g/mol. The van der Waals surface area contributed by atoms with E-state index in [0.29, 0.717) is 0 Å². The Kier molecular flexibility index (Phi) is 7.62. The van der Waals surface area contributed by atoms with Gasteiger partial charge >= 0.3 is 5.97 Å². The number of halogens is 1. The molecule has 0 radical (unpaired) electrons. The number of hydrogen-bond acceptors (Lipinski definition) is 3. The van der Waals surface area contributed by atoms with Crippen LogP contribution in [0.15, 0.2) is 66.7 Å². The molecule has 0 aliphatic rings. The van der Waals surface area contributed by atoms with E-state index in [0.717, 1.165) is 25.5 Å². The normalized spacial score (nSPS) is 12.7. The molecule has 2 amide bonds. The van der Waals surface area contributed by atoms with Crippen molar-refractivity contribution in [2.24, 2.45) is 0 Å². The van der Waals surface area contributed by atoms with Gasteiger partial charge in [-0.2, -0.15) is 0 Å². The second kappa shape index (κ2) is 10.4. The molecule has 7 heteroatoms. The summed E-state index contributed by atoms with van der Waals surface area (Å²) in [5, 5.41) is 17.0. The first-order chi connectivity index (χ1) is 14.8. The number of carboxylic acids is 1. The van der Waals surface area contributed by atoms with Crippen LogP contribution in [0.4, 0.5) is 0 Å². The molecule has 0 saturated carbocycles. The average Bonchev–Trinajstić information content (AvgIpc) is 2.73. The van der Waals surface area contributed by atoms with Gasteiger partial charge in [-0.05, 0) is 56.6 Å². The smallest absolute Gasteiger partial charge is 0.326 e. The van der Waals surface area contributed by atoms with Gasteiger partial charge in [0.05, 0.1) is 0 Å². The Hall–Kier alpha value is -2.94. The van der Waals surface area contributed by atoms with Crippen molar-refractivity contribution in [2.75, 3.05) is 0 Å². The van der Waals surface area contributed by atoms with Crippen LogP contribution in [0.5, 0.6) is 0 Å². The third kappa shape index (κ3) is 6.52. The Balaban J connectivity index is 1.74. The van der Waals surface area contributed by atoms with Crippen LogP contribution in [0.2, 0.25) is 0 Å². The number of aliphatic carboxylic acids is 1. The summed E-state index contributed by atoms with van der Waals surface area (Å²) >= 11 is 2.19. The molecular formula is C24H23IN2O4. The molecule has 6 nitrogen and oxygen atoms in total. The molecule has 0 aliphatic carbocycles. The van der Waals surface area contributed by atoms with Gasteiger partial charge in [-0.25, -0.2) is 4.79 Å². The molecule has 3 aromatic carbocycles. The van der Waals surface area contributed by atoms with Crippen molar-refractivity contribution in [2.45, 2.75) is 31.8 Å². The van der Waals surface area contributed by atoms with Crippen LogP contribution in [0.1, 0.15) is 18.1 Å². The van der Waals surface area contributed by atoms with Crippen LogP contribution in [-0.4, -0.2) is 35.0 Å². The third-order valence-electron chi connectivity index (χ3n) is 4.92. The van der Waals surface area contributed by atoms with Gasteiger partial charge in [0.2, 0.25) is 11.8 Å². The number of hydrogen-bond donors (Lipinski definition) is 3. The van der Waals surface area contributed by atoms with E-state index in [-0.39, 0.29) is 18.7 Å². The second-order valence-corrected chi connectivity index (χ2v) is 8.61. The first kappa shape index (κ1) is 22.7. The molecule has 0 fully saturated rings. The predicted octanol–water partition coefficient (Wildman–Crippen LogP) is 3.30. The highest BCUT2D eigenvalue weighted by atomic mass is 127. The van der Waals surface area contributed by atoms with E-state index in [2.05, 4.69) is 33.2 Å². The summed E-state index contributed by atoms with van der Waals surface area (Å²) < 4.78 is 1.06. The zero-order valence-electron chi connectivity index (χ0n) is 17.0. The summed E-state index contributed by atoms with van der Waals surface area (Å²) in [7, 11) is 0. The van der Waals surface area contributed by atoms with E-state index in [4.69, 9.17) is 0 Å². The molecule has 3 rings (SSSR count). The first-order valence-corrected chi connectivity index (χ1v) is 10.9. The number of amides is 2. The second-order valence-electron chi connectivity index (χ2n) is 7.37. The fourth-order valence-corrected chi connectivity index (χ4v) is 3.74. The maximum Gasteiger partial charge on any atom is 0.326 e. The van der Waals surface area contributed by atoms with E-state index < -0.39 is 24.0 Å². The Morgan fingerprint density at radius 3 is 2.10 bits per heavy atom. The summed E-state index contributed by atoms with van der Waals surface area (Å²) in [6, 6.07) is 19.1. The molecule has 3 aromatic rings. The number of fused-ring (bicyclic) bond motifs is 1. The lowest BCUT2D eigenvalue weighted by atomic mass is 10.0. The minimum absolute atomic E-state index is 0.141. The quantitative estimate of drug-likeness (QED) is 0.390. The number of carbonyl (C=O) groups is 3. The lowest BCUT2D eigenvalue weighted by Gasteiger charge is -2.21. The monoisotopic (exact) mass is 530 g/mol. The van der Waals surface area contributed by atoms with E-state index in [9.17, 15) is 19.5 Å². The van der Waals surface area contributed by atoms with Crippen molar-refractivity contribution >= 4 is 51.1 Å². The standard InChI is InChI=1S/C24H23IN2O4/c1-15(28)26-21(13-16-7-10-20(25)11-8-16)23(29)27-22(24(30)31)14-17-6-9-18-4-2-3-5-19(18)12-17/h2-12,21-22H,13-14H2,1H3,(H,26,28)(H,27,29)(H,30,31)/t21-,22-/m1/s1. The van der Waals surface area contributed by atoms with Crippen LogP contribution in [0.3, 0.4) is 0 Å². The summed E-state index contributed by atoms with van der Waals surface area (Å²) in [5.41, 5.74) is 1.68. The van der Waals surface area contributed by atoms with Gasteiger partial charge in [0.25, 0.3) is 0 Å². The van der Waals surface area contributed by atoms with E-state index in [1.165, 1.54) is 6.92 Å². The Morgan fingerprint density at radius 2 is 1.45 bits per heavy atom. The molecule has 3 N–H and O–H groups in total. The van der Waals surface area contributed by atoms with Crippen molar-refractivity contribution in [1.29, 1.82) is 0 Å². The summed E-state index contributed by atoms with van der Waals surface area (Å²) in [6.07, 6.45) is 0.410. The number of carboxylic acid groups (broad SMARTS) is 1. The Morgan fingerprint density at radius 1 is 0.839 bits per heavy atom. The molecule has 0 bridgehead atoms. The van der Waals surface area contributed by atoms with Gasteiger partial charge < -0.3 is 15.7 Å². The van der Waals surface area contributed by atoms with Crippen molar-refractivity contribution in [3.63, 3.8) is 0 Å². The molecule has 0 heterocycles. The number of carbonyl (C=O) groups excluding carboxylic acids is 2. The predicted molar refractivity (Wildman–Crippen MR) is 128 cm³/mol. The van der Waals surface area contributed by atoms with E-state index in [1.807, 2.05) is 66.7 Å². The molecule has 31 heavy (non-hydrogen) atoms. The fourth-order valence-electron chi connectivity index (χ4n) is 3.38. The minimum atomic E-state index is -1.13. The highest BCUT2D eigenvalue weighted by Crippen LogP contribution is 2.17. The highest BCUT2D eigenvalue weighted by Gasteiger charge is 2.26. The van der Waals surface area contributed by atoms with Gasteiger partial charge in [-0.3, -0.25) is 9.59 Å². The van der Waals surface area contributed by atoms with Crippen LogP contribution in [0, 0.1) is 3.57 Å². The Labute approximate surface area is 194 Å². The molecule has 0 spiro atoms. The van der Waals surface area contributed by atoms with Crippen molar-refractivity contribution < 1.29 is 19.5 Å². The molecule has 0 saturated heterocycles. The van der Waals surface area contributed by atoms with Crippen molar-refractivity contribution in [1.82, 2.24) is 10.6 Å². The summed E-state index contributed by atoms with van der Waals surface area (Å²) in [4.78, 5) is 36.3. The third-order valence-corrected chi connectivity index (χ3v) is 5.63. The number of nitrogens with one attached hydrogen (secondary N) is 2. The highest BCUT2D eigenvalue weighted by molar-refractivity contribution is 14.1. The number of rotatable bonds is 8. The SMILES string of the molecule is CC(=O)N[C@H](Cc1ccc(I)cc1)C(=O)N[C@H](Cc1ccc2ccccc2c1)C(=O)O. The van der Waals surface area contributed by atoms with E-state index >= 15 is 0 Å². The van der Waals surface area contributed by atoms with Gasteiger partial charge in [-0.15, -0.1) is 0 Å². The molecule has 0 aromatic heterocycles. The van der Waals surface area contributed by atoms with Crippen LogP contribution in [0.25, 0.3) is 10.8 Å². The molecule has 0 aliphatic heterocycles. The lowest BCUT2D eigenvalue weighted by molar-refractivity contribution is -0.142. The Bertz CT molecular complexity index is 1100. The van der Waals surface area contributed by atoms with Crippen LogP contribution < -0.4 is 10.6 Å². The largest absolute Gasteiger partial charge is 0.480 e. The topological polar surface area (TPSA) is 95.5 Å². The zero-order valence-corrected chi connectivity index (χ0v) is 19.1. The summed E-state index contributed by atoms with van der Waals surface area (Å²) in [6.45, 7) is 1.33. The van der Waals surface area contributed by atoms with Gasteiger partial charge in [0, 0.05) is 23.3 Å². The molecule has 2 atom stereocenters. The first-order valence-electron chi connectivity index (χ1n) is 9.84. The van der Waals surface area contributed by atoms with Crippen molar-refractivity contribution in [3.8, 4) is 0 Å². The minimum Gasteiger partial charge on any atom is -0.480 e. The summed E-state index contributed by atoms with van der Waals surface area (Å²) in [5.74, 6) is -2.01. The van der Waals surface area contributed by atoms with Crippen LogP contribution in [-0.2, 0) is 27.2 Å².